The van der Waals surface area contributed by atoms with Crippen LogP contribution >= 0.6 is 0 Å². The van der Waals surface area contributed by atoms with Crippen molar-refractivity contribution < 1.29 is 9.53 Å². The first-order valence-corrected chi connectivity index (χ1v) is 8.31. The summed E-state index contributed by atoms with van der Waals surface area (Å²) in [6.07, 6.45) is 0.655. The fraction of sp³-hybridized carbons (Fsp3) is 0.0909. The van der Waals surface area contributed by atoms with Crippen molar-refractivity contribution in [1.82, 2.24) is 4.98 Å². The lowest BCUT2D eigenvalue weighted by molar-refractivity contribution is 0.0510. The van der Waals surface area contributed by atoms with Crippen molar-refractivity contribution in [3.63, 3.8) is 0 Å². The molecule has 3 heteroatoms. The molecule has 0 aliphatic carbocycles. The normalized spacial score (nSPS) is 10.9. The van der Waals surface area contributed by atoms with Gasteiger partial charge in [0.1, 0.15) is 0 Å². The minimum absolute atomic E-state index is 0.289. The number of fused-ring (bicyclic) bond motifs is 2. The number of hydrogen-bond acceptors (Lipinski definition) is 3. The van der Waals surface area contributed by atoms with Crippen LogP contribution in [0.25, 0.3) is 21.8 Å². The predicted molar refractivity (Wildman–Crippen MR) is 99.7 cm³/mol. The zero-order valence-corrected chi connectivity index (χ0v) is 13.7. The smallest absolute Gasteiger partial charge is 0.338 e. The fourth-order valence-corrected chi connectivity index (χ4v) is 3.10. The number of carbonyl (C=O) groups is 1. The maximum atomic E-state index is 12.1. The highest BCUT2D eigenvalue weighted by molar-refractivity contribution is 5.97. The number of carbonyl (C=O) groups excluding carboxylic acids is 1. The molecule has 4 rings (SSSR count). The second-order valence-electron chi connectivity index (χ2n) is 5.88. The van der Waals surface area contributed by atoms with Crippen molar-refractivity contribution in [2.75, 3.05) is 6.61 Å². The minimum atomic E-state index is -0.289. The molecule has 0 fully saturated rings. The van der Waals surface area contributed by atoms with E-state index in [2.05, 4.69) is 12.1 Å². The van der Waals surface area contributed by atoms with E-state index in [-0.39, 0.29) is 5.97 Å². The number of nitrogens with zero attached hydrogens (tertiary/aromatic N) is 1. The Morgan fingerprint density at radius 2 is 1.32 bits per heavy atom. The van der Waals surface area contributed by atoms with Crippen LogP contribution in [0.4, 0.5) is 0 Å². The van der Waals surface area contributed by atoms with E-state index >= 15 is 0 Å². The average molecular weight is 327 g/mol. The third-order valence-electron chi connectivity index (χ3n) is 4.29. The van der Waals surface area contributed by atoms with Crippen molar-refractivity contribution in [2.24, 2.45) is 0 Å². The van der Waals surface area contributed by atoms with Gasteiger partial charge in [0.15, 0.2) is 0 Å². The molecule has 0 aliphatic heterocycles. The van der Waals surface area contributed by atoms with Crippen LogP contribution in [0.15, 0.2) is 78.9 Å². The molecule has 0 aliphatic rings. The number of esters is 1. The fourth-order valence-electron chi connectivity index (χ4n) is 3.10. The van der Waals surface area contributed by atoms with Gasteiger partial charge in [0.25, 0.3) is 0 Å². The molecule has 0 saturated carbocycles. The lowest BCUT2D eigenvalue weighted by atomic mass is 10.0. The summed E-state index contributed by atoms with van der Waals surface area (Å²) in [6.45, 7) is 0.339. The minimum Gasteiger partial charge on any atom is -0.462 e. The first kappa shape index (κ1) is 15.3. The van der Waals surface area contributed by atoms with Gasteiger partial charge in [0.05, 0.1) is 23.2 Å². The average Bonchev–Trinajstić information content (AvgIpc) is 2.68. The summed E-state index contributed by atoms with van der Waals surface area (Å²) in [7, 11) is 0. The van der Waals surface area contributed by atoms with Gasteiger partial charge in [0.2, 0.25) is 0 Å². The SMILES string of the molecule is O=C(OCCc1c2ccccc2nc2ccccc12)c1ccccc1. The van der Waals surface area contributed by atoms with E-state index in [1.54, 1.807) is 12.1 Å². The van der Waals surface area contributed by atoms with Gasteiger partial charge in [-0.2, -0.15) is 0 Å². The molecule has 0 atom stereocenters. The Morgan fingerprint density at radius 3 is 1.96 bits per heavy atom. The van der Waals surface area contributed by atoms with Crippen LogP contribution in [0.1, 0.15) is 15.9 Å². The molecule has 0 amide bonds. The quantitative estimate of drug-likeness (QED) is 0.400. The molecule has 0 radical (unpaired) electrons. The van der Waals surface area contributed by atoms with Crippen LogP contribution in [0.3, 0.4) is 0 Å². The van der Waals surface area contributed by atoms with E-state index in [0.29, 0.717) is 18.6 Å². The summed E-state index contributed by atoms with van der Waals surface area (Å²) in [4.78, 5) is 16.8. The molecule has 25 heavy (non-hydrogen) atoms. The first-order valence-electron chi connectivity index (χ1n) is 8.31. The van der Waals surface area contributed by atoms with Gasteiger partial charge in [0, 0.05) is 17.2 Å². The van der Waals surface area contributed by atoms with Gasteiger partial charge in [-0.3, -0.25) is 0 Å². The number of aromatic nitrogens is 1. The molecule has 1 heterocycles. The standard InChI is InChI=1S/C22H17NO2/c24-22(16-8-2-1-3-9-16)25-15-14-17-18-10-4-6-12-20(18)23-21-13-7-5-11-19(17)21/h1-13H,14-15H2. The molecular formula is C22H17NO2. The number of benzene rings is 3. The van der Waals surface area contributed by atoms with E-state index in [9.17, 15) is 4.79 Å². The van der Waals surface area contributed by atoms with Crippen molar-refractivity contribution in [2.45, 2.75) is 6.42 Å². The summed E-state index contributed by atoms with van der Waals surface area (Å²) in [5.74, 6) is -0.289. The van der Waals surface area contributed by atoms with Crippen LogP contribution in [0.2, 0.25) is 0 Å². The highest BCUT2D eigenvalue weighted by Crippen LogP contribution is 2.26. The zero-order chi connectivity index (χ0) is 17.1. The van der Waals surface area contributed by atoms with Crippen molar-refractivity contribution >= 4 is 27.8 Å². The molecule has 0 saturated heterocycles. The Hall–Kier alpha value is -3.20. The van der Waals surface area contributed by atoms with E-state index in [1.165, 1.54) is 5.56 Å². The predicted octanol–water partition coefficient (Wildman–Crippen LogP) is 4.79. The Labute approximate surface area is 145 Å². The lowest BCUT2D eigenvalue weighted by Gasteiger charge is -2.11. The van der Waals surface area contributed by atoms with Gasteiger partial charge in [-0.1, -0.05) is 54.6 Å². The number of para-hydroxylation sites is 2. The van der Waals surface area contributed by atoms with Crippen LogP contribution < -0.4 is 0 Å². The number of pyridine rings is 1. The van der Waals surface area contributed by atoms with Gasteiger partial charge < -0.3 is 4.74 Å². The molecule has 4 aromatic rings. The molecule has 3 aromatic carbocycles. The maximum Gasteiger partial charge on any atom is 0.338 e. The van der Waals surface area contributed by atoms with Gasteiger partial charge in [-0.15, -0.1) is 0 Å². The molecule has 0 N–H and O–H groups in total. The van der Waals surface area contributed by atoms with Gasteiger partial charge in [-0.05, 0) is 29.8 Å². The number of rotatable bonds is 4. The molecule has 0 unspecified atom stereocenters. The summed E-state index contributed by atoms with van der Waals surface area (Å²) in [5.41, 5.74) is 3.67. The van der Waals surface area contributed by atoms with E-state index < -0.39 is 0 Å². The second kappa shape index (κ2) is 6.73. The third-order valence-corrected chi connectivity index (χ3v) is 4.29. The molecule has 0 bridgehead atoms. The summed E-state index contributed by atoms with van der Waals surface area (Å²) in [6, 6.07) is 25.3. The highest BCUT2D eigenvalue weighted by Gasteiger charge is 2.10. The Kier molecular flexibility index (Phi) is 4.13. The molecule has 3 nitrogen and oxygen atoms in total. The van der Waals surface area contributed by atoms with Gasteiger partial charge >= 0.3 is 5.97 Å². The van der Waals surface area contributed by atoms with Crippen molar-refractivity contribution in [1.29, 1.82) is 0 Å². The van der Waals surface area contributed by atoms with Crippen LogP contribution in [0.5, 0.6) is 0 Å². The Bertz CT molecular complexity index is 987. The zero-order valence-electron chi connectivity index (χ0n) is 13.7. The summed E-state index contributed by atoms with van der Waals surface area (Å²) in [5, 5.41) is 2.22. The van der Waals surface area contributed by atoms with Gasteiger partial charge in [-0.25, -0.2) is 9.78 Å². The van der Waals surface area contributed by atoms with Crippen LogP contribution in [-0.4, -0.2) is 17.6 Å². The molecule has 0 spiro atoms. The largest absolute Gasteiger partial charge is 0.462 e. The van der Waals surface area contributed by atoms with Crippen LogP contribution in [-0.2, 0) is 11.2 Å². The Balaban J connectivity index is 1.63. The lowest BCUT2D eigenvalue weighted by Crippen LogP contribution is -2.08. The van der Waals surface area contributed by atoms with Crippen LogP contribution in [0, 0.1) is 0 Å². The summed E-state index contributed by atoms with van der Waals surface area (Å²) < 4.78 is 5.47. The number of ether oxygens (including phenoxy) is 1. The van der Waals surface area contributed by atoms with E-state index in [1.807, 2.05) is 54.6 Å². The molecule has 122 valence electrons. The Morgan fingerprint density at radius 1 is 0.760 bits per heavy atom. The first-order chi connectivity index (χ1) is 12.3. The third kappa shape index (κ3) is 3.09. The highest BCUT2D eigenvalue weighted by atomic mass is 16.5. The van der Waals surface area contributed by atoms with E-state index in [0.717, 1.165) is 21.8 Å². The maximum absolute atomic E-state index is 12.1. The number of hydrogen-bond donors (Lipinski definition) is 0. The molecular weight excluding hydrogens is 310 g/mol. The monoisotopic (exact) mass is 327 g/mol. The molecule has 1 aromatic heterocycles. The van der Waals surface area contributed by atoms with Crippen molar-refractivity contribution in [3.05, 3.63) is 90.0 Å². The van der Waals surface area contributed by atoms with Crippen molar-refractivity contribution in [3.8, 4) is 0 Å². The topological polar surface area (TPSA) is 39.2 Å². The second-order valence-corrected chi connectivity index (χ2v) is 5.88. The summed E-state index contributed by atoms with van der Waals surface area (Å²) >= 11 is 0. The van der Waals surface area contributed by atoms with E-state index in [4.69, 9.17) is 9.72 Å².